The number of nitro groups is 1. The first-order valence-electron chi connectivity index (χ1n) is 6.82. The zero-order chi connectivity index (χ0) is 15.6. The van der Waals surface area contributed by atoms with E-state index in [-0.39, 0.29) is 28.1 Å². The van der Waals surface area contributed by atoms with Gasteiger partial charge in [-0.2, -0.15) is 0 Å². The van der Waals surface area contributed by atoms with Crippen LogP contribution in [0.5, 0.6) is 0 Å². The molecule has 1 aliphatic heterocycles. The highest BCUT2D eigenvalue weighted by atomic mass is 79.9. The molecule has 0 radical (unpaired) electrons. The molecule has 1 aliphatic rings. The summed E-state index contributed by atoms with van der Waals surface area (Å²) in [5.41, 5.74) is 0.194. The molecule has 1 amide bonds. The Morgan fingerprint density at radius 1 is 1.48 bits per heavy atom. The number of aliphatic hydroxyl groups is 1. The van der Waals surface area contributed by atoms with Crippen molar-refractivity contribution in [3.63, 3.8) is 0 Å². The van der Waals surface area contributed by atoms with Gasteiger partial charge in [0.05, 0.1) is 16.6 Å². The van der Waals surface area contributed by atoms with E-state index >= 15 is 0 Å². The fourth-order valence-corrected chi connectivity index (χ4v) is 3.16. The Bertz CT molecular complexity index is 554. The SMILES string of the molecule is CC(O)C1CCN(C(=O)c2cccc([N+](=O)[O-])c2Br)CC1. The van der Waals surface area contributed by atoms with Crippen LogP contribution in [0.4, 0.5) is 5.69 Å². The molecule has 1 fully saturated rings. The third kappa shape index (κ3) is 3.41. The largest absolute Gasteiger partial charge is 0.393 e. The average molecular weight is 357 g/mol. The molecule has 2 rings (SSSR count). The predicted octanol–water partition coefficient (Wildman–Crippen LogP) is 2.59. The van der Waals surface area contributed by atoms with E-state index in [1.54, 1.807) is 17.9 Å². The Kier molecular flexibility index (Phi) is 4.95. The number of nitrogens with zero attached hydrogens (tertiary/aromatic N) is 2. The van der Waals surface area contributed by atoms with Crippen LogP contribution in [0.15, 0.2) is 22.7 Å². The molecule has 1 heterocycles. The summed E-state index contributed by atoms with van der Waals surface area (Å²) in [6.45, 7) is 2.88. The van der Waals surface area contributed by atoms with Crippen LogP contribution in [0, 0.1) is 16.0 Å². The highest BCUT2D eigenvalue weighted by Crippen LogP contribution is 2.30. The normalized spacial score (nSPS) is 17.6. The topological polar surface area (TPSA) is 83.7 Å². The molecule has 0 spiro atoms. The lowest BCUT2D eigenvalue weighted by atomic mass is 9.92. The van der Waals surface area contributed by atoms with E-state index in [9.17, 15) is 20.0 Å². The van der Waals surface area contributed by atoms with Gasteiger partial charge >= 0.3 is 0 Å². The second-order valence-corrected chi connectivity index (χ2v) is 6.06. The molecule has 1 unspecified atom stereocenters. The molecule has 0 aliphatic carbocycles. The molecule has 1 saturated heterocycles. The van der Waals surface area contributed by atoms with E-state index in [0.29, 0.717) is 18.7 Å². The van der Waals surface area contributed by atoms with Crippen molar-refractivity contribution in [3.8, 4) is 0 Å². The molecule has 7 heteroatoms. The monoisotopic (exact) mass is 356 g/mol. The number of carbonyl (C=O) groups excluding carboxylic acids is 1. The van der Waals surface area contributed by atoms with Crippen molar-refractivity contribution in [1.29, 1.82) is 0 Å². The maximum absolute atomic E-state index is 12.5. The van der Waals surface area contributed by atoms with Crippen LogP contribution in [0.3, 0.4) is 0 Å². The van der Waals surface area contributed by atoms with Crippen LogP contribution >= 0.6 is 15.9 Å². The Morgan fingerprint density at radius 2 is 2.10 bits per heavy atom. The third-order valence-corrected chi connectivity index (χ3v) is 4.75. The maximum Gasteiger partial charge on any atom is 0.284 e. The van der Waals surface area contributed by atoms with Gasteiger partial charge in [0.1, 0.15) is 4.47 Å². The number of rotatable bonds is 3. The minimum atomic E-state index is -0.513. The van der Waals surface area contributed by atoms with Crippen LogP contribution < -0.4 is 0 Å². The standard InChI is InChI=1S/C14H17BrN2O4/c1-9(18)10-5-7-16(8-6-10)14(19)11-3-2-4-12(13(11)15)17(20)21/h2-4,9-10,18H,5-8H2,1H3. The molecule has 21 heavy (non-hydrogen) atoms. The molecule has 6 nitrogen and oxygen atoms in total. The summed E-state index contributed by atoms with van der Waals surface area (Å²) in [7, 11) is 0. The number of hydrogen-bond donors (Lipinski definition) is 1. The number of nitro benzene ring substituents is 1. The van der Waals surface area contributed by atoms with Gasteiger partial charge in [0.25, 0.3) is 11.6 Å². The molecule has 1 atom stereocenters. The van der Waals surface area contributed by atoms with Gasteiger partial charge < -0.3 is 10.0 Å². The third-order valence-electron chi connectivity index (χ3n) is 3.91. The van der Waals surface area contributed by atoms with Crippen molar-refractivity contribution in [1.82, 2.24) is 4.90 Å². The number of likely N-dealkylation sites (tertiary alicyclic amines) is 1. The highest BCUT2D eigenvalue weighted by Gasteiger charge is 2.28. The first-order chi connectivity index (χ1) is 9.91. The van der Waals surface area contributed by atoms with Gasteiger partial charge in [-0.1, -0.05) is 6.07 Å². The summed E-state index contributed by atoms with van der Waals surface area (Å²) in [5.74, 6) is -0.00258. The maximum atomic E-state index is 12.5. The van der Waals surface area contributed by atoms with Crippen molar-refractivity contribution in [2.45, 2.75) is 25.9 Å². The molecule has 0 aromatic heterocycles. The molecular weight excluding hydrogens is 340 g/mol. The first-order valence-corrected chi connectivity index (χ1v) is 7.61. The highest BCUT2D eigenvalue weighted by molar-refractivity contribution is 9.10. The number of amides is 1. The average Bonchev–Trinajstić information content (AvgIpc) is 2.46. The van der Waals surface area contributed by atoms with E-state index in [2.05, 4.69) is 15.9 Å². The van der Waals surface area contributed by atoms with Crippen LogP contribution in [-0.2, 0) is 0 Å². The minimum Gasteiger partial charge on any atom is -0.393 e. The fourth-order valence-electron chi connectivity index (χ4n) is 2.58. The second-order valence-electron chi connectivity index (χ2n) is 5.27. The lowest BCUT2D eigenvalue weighted by molar-refractivity contribution is -0.385. The van der Waals surface area contributed by atoms with Crippen molar-refractivity contribution < 1.29 is 14.8 Å². The zero-order valence-corrected chi connectivity index (χ0v) is 13.2. The molecule has 0 bridgehead atoms. The first kappa shape index (κ1) is 15.9. The van der Waals surface area contributed by atoms with Crippen molar-refractivity contribution in [3.05, 3.63) is 38.3 Å². The summed E-state index contributed by atoms with van der Waals surface area (Å²) in [6.07, 6.45) is 1.12. The molecule has 1 aromatic carbocycles. The Labute approximate surface area is 131 Å². The van der Waals surface area contributed by atoms with Gasteiger partial charge in [0.2, 0.25) is 0 Å². The summed E-state index contributed by atoms with van der Waals surface area (Å²) in [4.78, 5) is 24.6. The lowest BCUT2D eigenvalue weighted by Gasteiger charge is -2.33. The summed E-state index contributed by atoms with van der Waals surface area (Å²) < 4.78 is 0.220. The predicted molar refractivity (Wildman–Crippen MR) is 81.1 cm³/mol. The second kappa shape index (κ2) is 6.53. The smallest absolute Gasteiger partial charge is 0.284 e. The number of aliphatic hydroxyl groups excluding tert-OH is 1. The number of carbonyl (C=O) groups is 1. The van der Waals surface area contributed by atoms with Crippen LogP contribution in [-0.4, -0.2) is 40.0 Å². The number of benzene rings is 1. The molecule has 1 N–H and O–H groups in total. The quantitative estimate of drug-likeness (QED) is 0.666. The van der Waals surface area contributed by atoms with Gasteiger partial charge in [0.15, 0.2) is 0 Å². The number of halogens is 1. The van der Waals surface area contributed by atoms with E-state index < -0.39 is 4.92 Å². The summed E-state index contributed by atoms with van der Waals surface area (Å²) >= 11 is 3.15. The van der Waals surface area contributed by atoms with Gasteiger partial charge in [0, 0.05) is 19.2 Å². The van der Waals surface area contributed by atoms with E-state index in [1.165, 1.54) is 12.1 Å². The van der Waals surface area contributed by atoms with Crippen molar-refractivity contribution >= 4 is 27.5 Å². The Balaban J connectivity index is 2.15. The van der Waals surface area contributed by atoms with Gasteiger partial charge in [-0.25, -0.2) is 0 Å². The van der Waals surface area contributed by atoms with Crippen LogP contribution in [0.25, 0.3) is 0 Å². The van der Waals surface area contributed by atoms with Gasteiger partial charge in [-0.05, 0) is 47.7 Å². The minimum absolute atomic E-state index is 0.111. The van der Waals surface area contributed by atoms with Crippen LogP contribution in [0.2, 0.25) is 0 Å². The molecule has 114 valence electrons. The van der Waals surface area contributed by atoms with E-state index in [4.69, 9.17) is 0 Å². The fraction of sp³-hybridized carbons (Fsp3) is 0.500. The zero-order valence-electron chi connectivity index (χ0n) is 11.7. The number of piperidine rings is 1. The Morgan fingerprint density at radius 3 is 2.62 bits per heavy atom. The van der Waals surface area contributed by atoms with Crippen LogP contribution in [0.1, 0.15) is 30.1 Å². The molecule has 1 aromatic rings. The summed E-state index contributed by atoms with van der Waals surface area (Å²) in [6, 6.07) is 4.46. The van der Waals surface area contributed by atoms with E-state index in [0.717, 1.165) is 12.8 Å². The van der Waals surface area contributed by atoms with Gasteiger partial charge in [-0.15, -0.1) is 0 Å². The Hall–Kier alpha value is -1.47. The van der Waals surface area contributed by atoms with Gasteiger partial charge in [-0.3, -0.25) is 14.9 Å². The molecular formula is C14H17BrN2O4. The van der Waals surface area contributed by atoms with E-state index in [1.807, 2.05) is 0 Å². The lowest BCUT2D eigenvalue weighted by Crippen LogP contribution is -2.40. The summed E-state index contributed by atoms with van der Waals surface area (Å²) in [5, 5.41) is 20.5. The molecule has 0 saturated carbocycles. The number of hydrogen-bond acceptors (Lipinski definition) is 4. The van der Waals surface area contributed by atoms with Crippen molar-refractivity contribution in [2.24, 2.45) is 5.92 Å². The van der Waals surface area contributed by atoms with Crippen molar-refractivity contribution in [2.75, 3.05) is 13.1 Å².